The van der Waals surface area contributed by atoms with Gasteiger partial charge in [0.2, 0.25) is 0 Å². The predicted molar refractivity (Wildman–Crippen MR) is 75.8 cm³/mol. The summed E-state index contributed by atoms with van der Waals surface area (Å²) < 4.78 is 5.25. The minimum atomic E-state index is -0.617. The first-order valence-corrected chi connectivity index (χ1v) is 6.63. The van der Waals surface area contributed by atoms with Crippen molar-refractivity contribution >= 4 is 16.9 Å². The van der Waals surface area contributed by atoms with E-state index in [9.17, 15) is 4.79 Å². The lowest BCUT2D eigenvalue weighted by Gasteiger charge is -2.15. The van der Waals surface area contributed by atoms with Crippen LogP contribution in [0.25, 0.3) is 10.9 Å². The molecule has 4 nitrogen and oxygen atoms in total. The van der Waals surface area contributed by atoms with Gasteiger partial charge in [0.05, 0.1) is 6.10 Å². The van der Waals surface area contributed by atoms with Crippen molar-refractivity contribution < 1.29 is 9.53 Å². The van der Waals surface area contributed by atoms with E-state index in [-0.39, 0.29) is 12.1 Å². The highest BCUT2D eigenvalue weighted by atomic mass is 16.5. The van der Waals surface area contributed by atoms with E-state index >= 15 is 0 Å². The van der Waals surface area contributed by atoms with Crippen molar-refractivity contribution in [1.29, 1.82) is 0 Å². The highest BCUT2D eigenvalue weighted by Crippen LogP contribution is 2.19. The number of hydrogen-bond donors (Lipinski definition) is 2. The minimum absolute atomic E-state index is 0.0819. The largest absolute Gasteiger partial charge is 0.462 e. The molecule has 0 aliphatic heterocycles. The lowest BCUT2D eigenvalue weighted by atomic mass is 10.1. The molecule has 0 bridgehead atoms. The van der Waals surface area contributed by atoms with Gasteiger partial charge in [-0.05, 0) is 25.0 Å². The number of H-pyrrole nitrogens is 1. The molecule has 2 aromatic rings. The van der Waals surface area contributed by atoms with Gasteiger partial charge < -0.3 is 15.5 Å². The molecule has 0 spiro atoms. The molecular formula is C15H20N2O2. The summed E-state index contributed by atoms with van der Waals surface area (Å²) in [4.78, 5) is 15.0. The maximum atomic E-state index is 11.8. The van der Waals surface area contributed by atoms with Crippen molar-refractivity contribution in [2.45, 2.75) is 38.8 Å². The number of hydrogen-bond acceptors (Lipinski definition) is 3. The van der Waals surface area contributed by atoms with Crippen molar-refractivity contribution in [2.24, 2.45) is 5.73 Å². The second kappa shape index (κ2) is 5.89. The van der Waals surface area contributed by atoms with Crippen LogP contribution in [0.4, 0.5) is 0 Å². The number of aromatic amines is 1. The number of fused-ring (bicyclic) bond motifs is 1. The van der Waals surface area contributed by atoms with Crippen molar-refractivity contribution in [2.75, 3.05) is 0 Å². The molecule has 1 unspecified atom stereocenters. The first-order valence-electron chi connectivity index (χ1n) is 6.63. The molecule has 1 aromatic heterocycles. The summed E-state index contributed by atoms with van der Waals surface area (Å²) in [5.74, 6) is -0.334. The van der Waals surface area contributed by atoms with E-state index in [4.69, 9.17) is 10.5 Å². The quantitative estimate of drug-likeness (QED) is 0.811. The zero-order valence-corrected chi connectivity index (χ0v) is 11.3. The van der Waals surface area contributed by atoms with Gasteiger partial charge in [-0.2, -0.15) is 0 Å². The zero-order valence-electron chi connectivity index (χ0n) is 11.3. The monoisotopic (exact) mass is 260 g/mol. The van der Waals surface area contributed by atoms with E-state index in [0.717, 1.165) is 22.9 Å². The lowest BCUT2D eigenvalue weighted by Crippen LogP contribution is -2.36. The van der Waals surface area contributed by atoms with Crippen LogP contribution in [0.2, 0.25) is 0 Å². The molecule has 0 saturated carbocycles. The number of ether oxygens (including phenoxy) is 1. The van der Waals surface area contributed by atoms with E-state index < -0.39 is 6.04 Å². The van der Waals surface area contributed by atoms with E-state index in [1.165, 1.54) is 0 Å². The number of rotatable bonds is 5. The topological polar surface area (TPSA) is 68.1 Å². The van der Waals surface area contributed by atoms with Crippen LogP contribution >= 0.6 is 0 Å². The van der Waals surface area contributed by atoms with Gasteiger partial charge in [0.1, 0.15) is 6.04 Å². The van der Waals surface area contributed by atoms with Crippen LogP contribution in [0.3, 0.4) is 0 Å². The molecule has 0 fully saturated rings. The zero-order chi connectivity index (χ0) is 13.8. The van der Waals surface area contributed by atoms with Crippen LogP contribution in [0.15, 0.2) is 30.5 Å². The number of carbonyl (C=O) groups excluding carboxylic acids is 1. The lowest BCUT2D eigenvalue weighted by molar-refractivity contribution is -0.149. The van der Waals surface area contributed by atoms with Gasteiger partial charge in [-0.15, -0.1) is 0 Å². The Morgan fingerprint density at radius 1 is 1.42 bits per heavy atom. The molecule has 1 heterocycles. The van der Waals surface area contributed by atoms with E-state index in [1.54, 1.807) is 0 Å². The molecular weight excluding hydrogens is 240 g/mol. The second-order valence-electron chi connectivity index (χ2n) is 4.83. The van der Waals surface area contributed by atoms with Crippen LogP contribution in [-0.2, 0) is 16.0 Å². The summed E-state index contributed by atoms with van der Waals surface area (Å²) in [6, 6.07) is 7.35. The molecule has 0 aliphatic carbocycles. The maximum absolute atomic E-state index is 11.8. The number of carbonyl (C=O) groups is 1. The fourth-order valence-electron chi connectivity index (χ4n) is 1.99. The number of benzene rings is 1. The molecule has 0 amide bonds. The predicted octanol–water partition coefficient (Wildman–Crippen LogP) is 2.38. The smallest absolute Gasteiger partial charge is 0.323 e. The Labute approximate surface area is 112 Å². The summed E-state index contributed by atoms with van der Waals surface area (Å²) in [7, 11) is 0. The van der Waals surface area contributed by atoms with Crippen molar-refractivity contribution in [3.05, 3.63) is 36.0 Å². The van der Waals surface area contributed by atoms with Crippen molar-refractivity contribution in [3.63, 3.8) is 0 Å². The third-order valence-corrected chi connectivity index (χ3v) is 3.31. The van der Waals surface area contributed by atoms with Crippen molar-refractivity contribution in [1.82, 2.24) is 4.98 Å². The average Bonchev–Trinajstić information content (AvgIpc) is 2.82. The first kappa shape index (κ1) is 13.6. The van der Waals surface area contributed by atoms with Gasteiger partial charge >= 0.3 is 5.97 Å². The van der Waals surface area contributed by atoms with Crippen molar-refractivity contribution in [3.8, 4) is 0 Å². The second-order valence-corrected chi connectivity index (χ2v) is 4.83. The van der Waals surface area contributed by atoms with E-state index in [1.807, 2.05) is 44.3 Å². The number of aromatic nitrogens is 1. The van der Waals surface area contributed by atoms with E-state index in [2.05, 4.69) is 4.98 Å². The molecule has 3 N–H and O–H groups in total. The van der Waals surface area contributed by atoms with Gasteiger partial charge in [-0.25, -0.2) is 0 Å². The first-order chi connectivity index (χ1) is 9.11. The summed E-state index contributed by atoms with van der Waals surface area (Å²) in [5.41, 5.74) is 8.02. The molecule has 19 heavy (non-hydrogen) atoms. The van der Waals surface area contributed by atoms with Gasteiger partial charge in [0.25, 0.3) is 0 Å². The number of nitrogens with one attached hydrogen (secondary N) is 1. The van der Waals surface area contributed by atoms with Crippen LogP contribution in [0, 0.1) is 0 Å². The standard InChI is InChI=1S/C15H20N2O2/c1-3-10(2)19-15(18)13(16)8-11-9-17-14-7-5-4-6-12(11)14/h4-7,9-10,13,17H,3,8,16H2,1-2H3/t10?,13-/m0/s1. The van der Waals surface area contributed by atoms with E-state index in [0.29, 0.717) is 6.42 Å². The summed E-state index contributed by atoms with van der Waals surface area (Å²) >= 11 is 0. The molecule has 0 saturated heterocycles. The Bertz CT molecular complexity index is 562. The molecule has 4 heteroatoms. The number of nitrogens with two attached hydrogens (primary N) is 1. The van der Waals surface area contributed by atoms with Gasteiger partial charge in [-0.3, -0.25) is 4.79 Å². The highest BCUT2D eigenvalue weighted by Gasteiger charge is 2.19. The number of para-hydroxylation sites is 1. The Hall–Kier alpha value is -1.81. The third kappa shape index (κ3) is 3.15. The minimum Gasteiger partial charge on any atom is -0.462 e. The van der Waals surface area contributed by atoms with Crippen LogP contribution in [-0.4, -0.2) is 23.1 Å². The summed E-state index contributed by atoms with van der Waals surface area (Å²) in [6.45, 7) is 3.85. The fourth-order valence-corrected chi connectivity index (χ4v) is 1.99. The van der Waals surface area contributed by atoms with Gasteiger partial charge in [-0.1, -0.05) is 25.1 Å². The molecule has 0 radical (unpaired) electrons. The Morgan fingerprint density at radius 3 is 2.89 bits per heavy atom. The molecule has 2 atom stereocenters. The summed E-state index contributed by atoms with van der Waals surface area (Å²) in [6.07, 6.45) is 3.10. The molecule has 0 aliphatic rings. The normalized spacial score (nSPS) is 14.3. The Kier molecular flexibility index (Phi) is 4.22. The van der Waals surface area contributed by atoms with Crippen LogP contribution in [0.1, 0.15) is 25.8 Å². The van der Waals surface area contributed by atoms with Crippen LogP contribution in [0.5, 0.6) is 0 Å². The Balaban J connectivity index is 2.06. The molecule has 2 rings (SSSR count). The van der Waals surface area contributed by atoms with Gasteiger partial charge in [0, 0.05) is 23.5 Å². The SMILES string of the molecule is CCC(C)OC(=O)[C@@H](N)Cc1c[nH]c2ccccc12. The molecule has 102 valence electrons. The highest BCUT2D eigenvalue weighted by molar-refractivity contribution is 5.84. The third-order valence-electron chi connectivity index (χ3n) is 3.31. The Morgan fingerprint density at radius 2 is 2.16 bits per heavy atom. The summed E-state index contributed by atoms with van der Waals surface area (Å²) in [5, 5.41) is 1.11. The molecule has 1 aromatic carbocycles. The average molecular weight is 260 g/mol. The van der Waals surface area contributed by atoms with Gasteiger partial charge in [0.15, 0.2) is 0 Å². The van der Waals surface area contributed by atoms with Crippen LogP contribution < -0.4 is 5.73 Å². The fraction of sp³-hybridized carbons (Fsp3) is 0.400. The maximum Gasteiger partial charge on any atom is 0.323 e. The number of esters is 1.